The minimum absolute atomic E-state index is 0.00521. The highest BCUT2D eigenvalue weighted by atomic mass is 16.4. The fourth-order valence-electron chi connectivity index (χ4n) is 1.57. The van der Waals surface area contributed by atoms with Crippen LogP contribution >= 0.6 is 0 Å². The maximum atomic E-state index is 12.0. The predicted octanol–water partition coefficient (Wildman–Crippen LogP) is 2.09. The summed E-state index contributed by atoms with van der Waals surface area (Å²) in [6.07, 6.45) is 2.32. The Bertz CT molecular complexity index is 303. The molecule has 0 heterocycles. The van der Waals surface area contributed by atoms with Gasteiger partial charge in [0.25, 0.3) is 0 Å². The van der Waals surface area contributed by atoms with Gasteiger partial charge in [0.2, 0.25) is 0 Å². The summed E-state index contributed by atoms with van der Waals surface area (Å²) < 4.78 is 0. The molecule has 2 amide bonds. The molecule has 0 aliphatic carbocycles. The number of carboxylic acid groups (broad SMARTS) is 1. The Morgan fingerprint density at radius 1 is 1.39 bits per heavy atom. The molecule has 0 saturated heterocycles. The van der Waals surface area contributed by atoms with Crippen molar-refractivity contribution in [1.82, 2.24) is 10.2 Å². The van der Waals surface area contributed by atoms with E-state index >= 15 is 0 Å². The minimum Gasteiger partial charge on any atom is -0.480 e. The second-order valence-electron chi connectivity index (χ2n) is 4.69. The fraction of sp³-hybridized carbons (Fsp3) is 0.692. The molecule has 2 unspecified atom stereocenters. The van der Waals surface area contributed by atoms with Gasteiger partial charge in [-0.2, -0.15) is 0 Å². The molecule has 0 bridgehead atoms. The lowest BCUT2D eigenvalue weighted by atomic mass is 9.99. The molecule has 2 atom stereocenters. The highest BCUT2D eigenvalue weighted by Gasteiger charge is 2.27. The molecule has 0 fully saturated rings. The number of hydrogen-bond donors (Lipinski definition) is 2. The van der Waals surface area contributed by atoms with Crippen LogP contribution in [0.2, 0.25) is 0 Å². The number of nitrogens with zero attached hydrogens (tertiary/aromatic N) is 1. The Morgan fingerprint density at radius 2 is 1.94 bits per heavy atom. The molecule has 0 saturated carbocycles. The van der Waals surface area contributed by atoms with Crippen molar-refractivity contribution in [1.29, 1.82) is 0 Å². The zero-order chi connectivity index (χ0) is 14.3. The van der Waals surface area contributed by atoms with Crippen molar-refractivity contribution in [2.75, 3.05) is 6.54 Å². The van der Waals surface area contributed by atoms with Crippen LogP contribution in [0.1, 0.15) is 34.1 Å². The van der Waals surface area contributed by atoms with Crippen LogP contribution in [0.25, 0.3) is 0 Å². The van der Waals surface area contributed by atoms with E-state index in [1.165, 1.54) is 0 Å². The molecule has 0 aromatic heterocycles. The van der Waals surface area contributed by atoms with Gasteiger partial charge in [0.1, 0.15) is 6.04 Å². The van der Waals surface area contributed by atoms with Crippen molar-refractivity contribution in [3.63, 3.8) is 0 Å². The molecule has 5 heteroatoms. The van der Waals surface area contributed by atoms with E-state index in [0.717, 1.165) is 0 Å². The van der Waals surface area contributed by atoms with Crippen molar-refractivity contribution < 1.29 is 14.7 Å². The van der Waals surface area contributed by atoms with E-state index in [4.69, 9.17) is 5.11 Å². The molecular weight excluding hydrogens is 232 g/mol. The van der Waals surface area contributed by atoms with E-state index < -0.39 is 12.0 Å². The zero-order valence-corrected chi connectivity index (χ0v) is 11.6. The lowest BCUT2D eigenvalue weighted by Crippen LogP contribution is -2.52. The van der Waals surface area contributed by atoms with Gasteiger partial charge in [0, 0.05) is 12.6 Å². The van der Waals surface area contributed by atoms with Crippen molar-refractivity contribution in [3.8, 4) is 0 Å². The normalized spacial score (nSPS) is 13.8. The van der Waals surface area contributed by atoms with E-state index in [1.807, 2.05) is 27.7 Å². The van der Waals surface area contributed by atoms with Crippen molar-refractivity contribution in [3.05, 3.63) is 12.7 Å². The highest BCUT2D eigenvalue weighted by molar-refractivity contribution is 5.83. The van der Waals surface area contributed by atoms with Crippen molar-refractivity contribution in [2.24, 2.45) is 5.92 Å². The third-order valence-electron chi connectivity index (χ3n) is 2.97. The molecule has 0 aliphatic heterocycles. The molecule has 0 aromatic carbocycles. The van der Waals surface area contributed by atoms with Crippen LogP contribution in [0.5, 0.6) is 0 Å². The Balaban J connectivity index is 4.76. The lowest BCUT2D eigenvalue weighted by Gasteiger charge is -2.29. The topological polar surface area (TPSA) is 69.6 Å². The van der Waals surface area contributed by atoms with Gasteiger partial charge in [0.15, 0.2) is 0 Å². The molecule has 18 heavy (non-hydrogen) atoms. The van der Waals surface area contributed by atoms with Crippen LogP contribution in [0.4, 0.5) is 4.79 Å². The maximum Gasteiger partial charge on any atom is 0.326 e. The number of carboxylic acids is 1. The number of hydrogen-bond acceptors (Lipinski definition) is 2. The molecule has 5 nitrogen and oxygen atoms in total. The van der Waals surface area contributed by atoms with E-state index in [-0.39, 0.29) is 18.0 Å². The van der Waals surface area contributed by atoms with Crippen LogP contribution in [-0.2, 0) is 4.79 Å². The SMILES string of the molecule is C=CCN(C(=O)NC(C(=O)O)C(C)CC)C(C)C. The average Bonchev–Trinajstić information content (AvgIpc) is 2.30. The predicted molar refractivity (Wildman–Crippen MR) is 71.4 cm³/mol. The Hall–Kier alpha value is -1.52. The van der Waals surface area contributed by atoms with Crippen molar-refractivity contribution in [2.45, 2.75) is 46.2 Å². The quantitative estimate of drug-likeness (QED) is 0.685. The number of carbonyl (C=O) groups excluding carboxylic acids is 1. The first-order valence-electron chi connectivity index (χ1n) is 6.25. The van der Waals surface area contributed by atoms with E-state index in [1.54, 1.807) is 11.0 Å². The number of urea groups is 1. The van der Waals surface area contributed by atoms with Crippen LogP contribution in [0, 0.1) is 5.92 Å². The van der Waals surface area contributed by atoms with Gasteiger partial charge in [0.05, 0.1) is 0 Å². The van der Waals surface area contributed by atoms with E-state index in [2.05, 4.69) is 11.9 Å². The summed E-state index contributed by atoms with van der Waals surface area (Å²) in [4.78, 5) is 24.7. The molecule has 0 radical (unpaired) electrons. The summed E-state index contributed by atoms with van der Waals surface area (Å²) >= 11 is 0. The van der Waals surface area contributed by atoms with Gasteiger partial charge in [-0.1, -0.05) is 26.3 Å². The smallest absolute Gasteiger partial charge is 0.326 e. The molecule has 104 valence electrons. The summed E-state index contributed by atoms with van der Waals surface area (Å²) in [6.45, 7) is 11.5. The molecule has 0 spiro atoms. The first-order chi connectivity index (χ1) is 8.34. The standard InChI is InChI=1S/C13H24N2O3/c1-6-8-15(9(3)4)13(18)14-11(12(16)17)10(5)7-2/h6,9-11H,1,7-8H2,2-5H3,(H,14,18)(H,16,17). The Labute approximate surface area is 109 Å². The third-order valence-corrected chi connectivity index (χ3v) is 2.97. The van der Waals surface area contributed by atoms with E-state index in [0.29, 0.717) is 13.0 Å². The second-order valence-corrected chi connectivity index (χ2v) is 4.69. The summed E-state index contributed by atoms with van der Waals surface area (Å²) in [5, 5.41) is 11.7. The minimum atomic E-state index is -1.000. The fourth-order valence-corrected chi connectivity index (χ4v) is 1.57. The van der Waals surface area contributed by atoms with E-state index in [9.17, 15) is 9.59 Å². The first-order valence-corrected chi connectivity index (χ1v) is 6.25. The molecule has 0 aromatic rings. The Morgan fingerprint density at radius 3 is 2.28 bits per heavy atom. The van der Waals surface area contributed by atoms with Crippen molar-refractivity contribution >= 4 is 12.0 Å². The average molecular weight is 256 g/mol. The number of aliphatic carboxylic acids is 1. The molecule has 0 rings (SSSR count). The van der Waals surface area contributed by atoms with Crippen LogP contribution in [-0.4, -0.2) is 40.6 Å². The van der Waals surface area contributed by atoms with Crippen LogP contribution in [0.15, 0.2) is 12.7 Å². The summed E-state index contributed by atoms with van der Waals surface area (Å²) in [6, 6.07) is -1.22. The summed E-state index contributed by atoms with van der Waals surface area (Å²) in [5.41, 5.74) is 0. The first kappa shape index (κ1) is 16.5. The van der Waals surface area contributed by atoms with Gasteiger partial charge in [-0.05, 0) is 19.8 Å². The monoisotopic (exact) mass is 256 g/mol. The summed E-state index contributed by atoms with van der Waals surface area (Å²) in [5.74, 6) is -1.11. The number of rotatable bonds is 7. The van der Waals surface area contributed by atoms with Gasteiger partial charge in [-0.25, -0.2) is 9.59 Å². The van der Waals surface area contributed by atoms with Gasteiger partial charge in [-0.15, -0.1) is 6.58 Å². The van der Waals surface area contributed by atoms with Gasteiger partial charge < -0.3 is 15.3 Å². The largest absolute Gasteiger partial charge is 0.480 e. The second kappa shape index (κ2) is 7.74. The molecular formula is C13H24N2O3. The maximum absolute atomic E-state index is 12.0. The summed E-state index contributed by atoms with van der Waals surface area (Å²) in [7, 11) is 0. The van der Waals surface area contributed by atoms with Crippen LogP contribution < -0.4 is 5.32 Å². The number of amides is 2. The van der Waals surface area contributed by atoms with Gasteiger partial charge >= 0.3 is 12.0 Å². The number of nitrogens with one attached hydrogen (secondary N) is 1. The molecule has 2 N–H and O–H groups in total. The third kappa shape index (κ3) is 4.77. The van der Waals surface area contributed by atoms with Crippen LogP contribution in [0.3, 0.4) is 0 Å². The lowest BCUT2D eigenvalue weighted by molar-refractivity contribution is -0.140. The highest BCUT2D eigenvalue weighted by Crippen LogP contribution is 2.09. The number of carbonyl (C=O) groups is 2. The van der Waals surface area contributed by atoms with Gasteiger partial charge in [-0.3, -0.25) is 0 Å². The molecule has 0 aliphatic rings. The zero-order valence-electron chi connectivity index (χ0n) is 11.6. The Kier molecular flexibility index (Phi) is 7.08.